The Morgan fingerprint density at radius 3 is 3.44 bits per heavy atom. The highest BCUT2D eigenvalue weighted by molar-refractivity contribution is 5.82. The van der Waals surface area contributed by atoms with Gasteiger partial charge < -0.3 is 5.32 Å². The molecule has 0 unspecified atom stereocenters. The van der Waals surface area contributed by atoms with Crippen molar-refractivity contribution in [3.8, 4) is 0 Å². The third-order valence-electron chi connectivity index (χ3n) is 3.00. The molecule has 1 aromatic carbocycles. The molecule has 2 heterocycles. The van der Waals surface area contributed by atoms with Crippen molar-refractivity contribution in [2.24, 2.45) is 0 Å². The summed E-state index contributed by atoms with van der Waals surface area (Å²) < 4.78 is 0. The van der Waals surface area contributed by atoms with Crippen molar-refractivity contribution in [2.45, 2.75) is 18.9 Å². The quantitative estimate of drug-likeness (QED) is 0.769. The van der Waals surface area contributed by atoms with Crippen LogP contribution in [0.5, 0.6) is 0 Å². The van der Waals surface area contributed by atoms with Crippen molar-refractivity contribution >= 4 is 16.7 Å². The molecule has 1 N–H and O–H groups in total. The standard InChI is InChI=1S/C14H13N2/c1-2-5-12-9-11-8-10-6-3-4-7-13(10)16-14(11)15-12/h2-3,6-8,12H,1,5,9H2,(H,15,16)/t12-/m1/s1. The van der Waals surface area contributed by atoms with Gasteiger partial charge in [-0.2, -0.15) is 0 Å². The molecule has 1 aliphatic rings. The maximum Gasteiger partial charge on any atom is 0.130 e. The Hall–Kier alpha value is -1.83. The number of hydrogen-bond acceptors (Lipinski definition) is 2. The van der Waals surface area contributed by atoms with Crippen LogP contribution in [-0.2, 0) is 6.42 Å². The largest absolute Gasteiger partial charge is 0.366 e. The molecule has 1 aromatic heterocycles. The molecule has 1 radical (unpaired) electrons. The predicted octanol–water partition coefficient (Wildman–Crippen LogP) is 2.95. The van der Waals surface area contributed by atoms with Crippen LogP contribution in [0, 0.1) is 6.07 Å². The van der Waals surface area contributed by atoms with Crippen molar-refractivity contribution in [3.63, 3.8) is 0 Å². The summed E-state index contributed by atoms with van der Waals surface area (Å²) >= 11 is 0. The molecule has 0 saturated carbocycles. The van der Waals surface area contributed by atoms with E-state index < -0.39 is 0 Å². The van der Waals surface area contributed by atoms with Crippen LogP contribution < -0.4 is 5.32 Å². The molecule has 16 heavy (non-hydrogen) atoms. The summed E-state index contributed by atoms with van der Waals surface area (Å²) in [7, 11) is 0. The Labute approximate surface area is 95.0 Å². The van der Waals surface area contributed by atoms with Crippen LogP contribution in [0.25, 0.3) is 10.9 Å². The fraction of sp³-hybridized carbons (Fsp3) is 0.214. The van der Waals surface area contributed by atoms with Gasteiger partial charge in [0.25, 0.3) is 0 Å². The molecule has 3 rings (SSSR count). The van der Waals surface area contributed by atoms with Crippen LogP contribution in [0.1, 0.15) is 12.0 Å². The van der Waals surface area contributed by atoms with Crippen LogP contribution >= 0.6 is 0 Å². The molecule has 2 aromatic rings. The number of benzene rings is 1. The molecular weight excluding hydrogens is 196 g/mol. The molecule has 2 nitrogen and oxygen atoms in total. The van der Waals surface area contributed by atoms with E-state index in [1.165, 1.54) is 10.9 Å². The highest BCUT2D eigenvalue weighted by atomic mass is 15.0. The monoisotopic (exact) mass is 209 g/mol. The number of pyridine rings is 1. The van der Waals surface area contributed by atoms with Gasteiger partial charge in [-0.3, -0.25) is 0 Å². The highest BCUT2D eigenvalue weighted by Gasteiger charge is 2.20. The number of nitrogens with zero attached hydrogens (tertiary/aromatic N) is 1. The lowest BCUT2D eigenvalue weighted by Gasteiger charge is -2.06. The second-order valence-electron chi connectivity index (χ2n) is 4.18. The van der Waals surface area contributed by atoms with Crippen molar-refractivity contribution < 1.29 is 0 Å². The zero-order chi connectivity index (χ0) is 11.0. The number of rotatable bonds is 2. The molecule has 1 aliphatic heterocycles. The third-order valence-corrected chi connectivity index (χ3v) is 3.00. The van der Waals surface area contributed by atoms with E-state index >= 15 is 0 Å². The van der Waals surface area contributed by atoms with Gasteiger partial charge in [0, 0.05) is 11.4 Å². The lowest BCUT2D eigenvalue weighted by Crippen LogP contribution is -2.13. The van der Waals surface area contributed by atoms with Crippen LogP contribution in [0.4, 0.5) is 5.82 Å². The van der Waals surface area contributed by atoms with Gasteiger partial charge in [0.15, 0.2) is 0 Å². The minimum absolute atomic E-state index is 0.459. The van der Waals surface area contributed by atoms with Gasteiger partial charge in [0.05, 0.1) is 5.52 Å². The molecule has 0 fully saturated rings. The summed E-state index contributed by atoms with van der Waals surface area (Å²) in [5.41, 5.74) is 2.32. The van der Waals surface area contributed by atoms with Crippen LogP contribution in [0.2, 0.25) is 0 Å². The van der Waals surface area contributed by atoms with Crippen LogP contribution in [0.15, 0.2) is 36.9 Å². The smallest absolute Gasteiger partial charge is 0.130 e. The second kappa shape index (κ2) is 3.63. The lowest BCUT2D eigenvalue weighted by molar-refractivity contribution is 0.765. The molecule has 0 spiro atoms. The van der Waals surface area contributed by atoms with E-state index in [-0.39, 0.29) is 0 Å². The fourth-order valence-corrected chi connectivity index (χ4v) is 2.23. The van der Waals surface area contributed by atoms with Crippen molar-refractivity contribution in [1.29, 1.82) is 0 Å². The molecule has 0 saturated heterocycles. The van der Waals surface area contributed by atoms with E-state index in [1.54, 1.807) is 0 Å². The second-order valence-corrected chi connectivity index (χ2v) is 4.18. The van der Waals surface area contributed by atoms with E-state index in [9.17, 15) is 0 Å². The lowest BCUT2D eigenvalue weighted by atomic mass is 10.1. The first-order valence-corrected chi connectivity index (χ1v) is 5.54. The molecule has 0 amide bonds. The topological polar surface area (TPSA) is 24.9 Å². The SMILES string of the molecule is C=CC[C@@H]1Cc2cc3cc[c]cc3nc2N1. The van der Waals surface area contributed by atoms with Crippen LogP contribution in [0.3, 0.4) is 0 Å². The summed E-state index contributed by atoms with van der Waals surface area (Å²) in [6.45, 7) is 3.78. The zero-order valence-electron chi connectivity index (χ0n) is 9.03. The van der Waals surface area contributed by atoms with Gasteiger partial charge in [0.2, 0.25) is 0 Å². The number of hydrogen-bond donors (Lipinski definition) is 1. The van der Waals surface area contributed by atoms with Crippen molar-refractivity contribution in [1.82, 2.24) is 4.98 Å². The summed E-state index contributed by atoms with van der Waals surface area (Å²) in [6.07, 6.45) is 3.98. The molecule has 0 aliphatic carbocycles. The van der Waals surface area contributed by atoms with Gasteiger partial charge in [-0.05, 0) is 36.6 Å². The van der Waals surface area contributed by atoms with Crippen molar-refractivity contribution in [2.75, 3.05) is 5.32 Å². The maximum absolute atomic E-state index is 4.61. The Morgan fingerprint density at radius 1 is 1.62 bits per heavy atom. The number of anilines is 1. The molecule has 79 valence electrons. The maximum atomic E-state index is 4.61. The zero-order valence-corrected chi connectivity index (χ0v) is 9.03. The highest BCUT2D eigenvalue weighted by Crippen LogP contribution is 2.28. The average Bonchev–Trinajstić information content (AvgIpc) is 2.67. The van der Waals surface area contributed by atoms with Gasteiger partial charge >= 0.3 is 0 Å². The molecule has 1 atom stereocenters. The molecule has 0 bridgehead atoms. The van der Waals surface area contributed by atoms with Gasteiger partial charge in [0.1, 0.15) is 5.82 Å². The molecular formula is C14H13N2. The predicted molar refractivity (Wildman–Crippen MR) is 66.5 cm³/mol. The molecule has 2 heteroatoms. The number of aromatic nitrogens is 1. The first kappa shape index (κ1) is 9.40. The first-order valence-electron chi connectivity index (χ1n) is 5.54. The summed E-state index contributed by atoms with van der Waals surface area (Å²) in [6, 6.07) is 11.7. The normalized spacial score (nSPS) is 18.1. The number of fused-ring (bicyclic) bond motifs is 2. The third kappa shape index (κ3) is 1.47. The van der Waals surface area contributed by atoms with Crippen LogP contribution in [-0.4, -0.2) is 11.0 Å². The minimum Gasteiger partial charge on any atom is -0.366 e. The average molecular weight is 209 g/mol. The van der Waals surface area contributed by atoms with E-state index in [4.69, 9.17) is 0 Å². The minimum atomic E-state index is 0.459. The summed E-state index contributed by atoms with van der Waals surface area (Å²) in [5, 5.41) is 4.62. The summed E-state index contributed by atoms with van der Waals surface area (Å²) in [4.78, 5) is 4.61. The van der Waals surface area contributed by atoms with Gasteiger partial charge in [-0.15, -0.1) is 6.58 Å². The number of nitrogens with one attached hydrogen (secondary N) is 1. The van der Waals surface area contributed by atoms with E-state index in [1.807, 2.05) is 18.2 Å². The van der Waals surface area contributed by atoms with Gasteiger partial charge in [-0.25, -0.2) is 4.98 Å². The Balaban J connectivity index is 2.04. The van der Waals surface area contributed by atoms with Crippen molar-refractivity contribution in [3.05, 3.63) is 48.6 Å². The fourth-order valence-electron chi connectivity index (χ4n) is 2.23. The van der Waals surface area contributed by atoms with E-state index in [2.05, 4.69) is 35.1 Å². The first-order chi connectivity index (χ1) is 7.86. The van der Waals surface area contributed by atoms with E-state index in [0.717, 1.165) is 24.2 Å². The van der Waals surface area contributed by atoms with E-state index in [0.29, 0.717) is 6.04 Å². The Bertz CT molecular complexity index is 501. The summed E-state index contributed by atoms with van der Waals surface area (Å²) in [5.74, 6) is 1.03. The van der Waals surface area contributed by atoms with Gasteiger partial charge in [-0.1, -0.05) is 18.2 Å². The Morgan fingerprint density at radius 2 is 2.56 bits per heavy atom. The Kier molecular flexibility index (Phi) is 2.13.